The highest BCUT2D eigenvalue weighted by Crippen LogP contribution is 2.46. The molecule has 1 aliphatic heterocycles. The van der Waals surface area contributed by atoms with E-state index in [-0.39, 0.29) is 53.0 Å². The molecule has 0 atom stereocenters. The lowest BCUT2D eigenvalue weighted by Crippen LogP contribution is -2.47. The number of sulfonamides is 1. The maximum Gasteiger partial charge on any atom is 0.268 e. The number of piperazine rings is 1. The van der Waals surface area contributed by atoms with Crippen molar-refractivity contribution in [2.24, 2.45) is 11.3 Å². The number of nitrogens with zero attached hydrogens (tertiary/aromatic N) is 6. The molecule has 81 heavy (non-hydrogen) atoms. The van der Waals surface area contributed by atoms with Crippen LogP contribution in [0.1, 0.15) is 91.4 Å². The summed E-state index contributed by atoms with van der Waals surface area (Å²) in [5, 5.41) is 15.6. The molecule has 12 nitrogen and oxygen atoms in total. The first-order valence-electron chi connectivity index (χ1n) is 27.5. The number of hydrogen-bond acceptors (Lipinski definition) is 10. The molecule has 1 saturated heterocycles. The largest absolute Gasteiger partial charge is 0.473 e. The molecule has 0 spiro atoms. The van der Waals surface area contributed by atoms with Crippen molar-refractivity contribution < 1.29 is 27.1 Å². The number of carbonyl (C=O) groups excluding carboxylic acids is 1. The van der Waals surface area contributed by atoms with Crippen LogP contribution in [0, 0.1) is 22.7 Å². The minimum absolute atomic E-state index is 0.0437. The van der Waals surface area contributed by atoms with Crippen molar-refractivity contribution in [3.8, 4) is 23.4 Å². The van der Waals surface area contributed by atoms with Crippen molar-refractivity contribution in [1.29, 1.82) is 5.26 Å². The Morgan fingerprint density at radius 1 is 0.790 bits per heavy atom. The minimum atomic E-state index is -4.60. The van der Waals surface area contributed by atoms with Gasteiger partial charge in [0.1, 0.15) is 39.2 Å². The van der Waals surface area contributed by atoms with Crippen molar-refractivity contribution in [2.45, 2.75) is 74.9 Å². The Bertz CT molecular complexity index is 3670. The van der Waals surface area contributed by atoms with Crippen molar-refractivity contribution in [3.05, 3.63) is 214 Å². The molecule has 1 N–H and O–H groups in total. The SMILES string of the molecule is CC1(C)CCC(CN2CCN(c3ccc(C(=O)NS(=O)(=O)c4cnc(OCC5(F)CCC(C#N)CC5)c(Cl)c4)c(Oc4cccc5c4cnn5C(c4ccccc4)(c4ccccc4)c4ccccc4)c3)CC2)=C(c2ccc(Cl)cc2)C1. The van der Waals surface area contributed by atoms with Crippen LogP contribution in [0.3, 0.4) is 0 Å². The summed E-state index contributed by atoms with van der Waals surface area (Å²) >= 11 is 12.8. The predicted molar refractivity (Wildman–Crippen MR) is 316 cm³/mol. The van der Waals surface area contributed by atoms with Gasteiger partial charge in [-0.05, 0) is 121 Å². The summed E-state index contributed by atoms with van der Waals surface area (Å²) in [6, 6.07) is 53.1. The number of nitrogens with one attached hydrogen (secondary N) is 1. The molecule has 2 aromatic heterocycles. The molecule has 0 radical (unpaired) electrons. The zero-order chi connectivity index (χ0) is 56.4. The van der Waals surface area contributed by atoms with Crippen LogP contribution in [0.2, 0.25) is 10.0 Å². The number of rotatable bonds is 16. The first-order chi connectivity index (χ1) is 39.1. The van der Waals surface area contributed by atoms with Gasteiger partial charge in [0, 0.05) is 55.4 Å². The number of hydrogen-bond donors (Lipinski definition) is 1. The molecule has 3 aliphatic rings. The topological polar surface area (TPSA) is 143 Å². The molecule has 16 heteroatoms. The zero-order valence-electron chi connectivity index (χ0n) is 45.2. The summed E-state index contributed by atoms with van der Waals surface area (Å²) in [4.78, 5) is 23.1. The molecule has 414 valence electrons. The van der Waals surface area contributed by atoms with Gasteiger partial charge in [-0.1, -0.05) is 152 Å². The van der Waals surface area contributed by atoms with Gasteiger partial charge in [-0.25, -0.2) is 27.2 Å². The summed E-state index contributed by atoms with van der Waals surface area (Å²) < 4.78 is 60.6. The van der Waals surface area contributed by atoms with Gasteiger partial charge < -0.3 is 14.4 Å². The van der Waals surface area contributed by atoms with Gasteiger partial charge in [-0.2, -0.15) is 10.4 Å². The van der Waals surface area contributed by atoms with Crippen LogP contribution < -0.4 is 19.1 Å². The normalized spacial score (nSPS) is 18.8. The molecule has 6 aromatic carbocycles. The highest BCUT2D eigenvalue weighted by molar-refractivity contribution is 7.90. The standard InChI is InChI=1S/C65H62Cl2FN7O5S/c1-63(2)30-29-47(55(39-63)46-21-23-51(66)24-22-46)43-73-33-35-74(36-34-73)52-25-26-54(61(76)72-81(77,78)53-38-57(67)62(70-41-53)79-44-64(68)31-27-45(40-69)28-32-64)60(37-52)80-59-20-12-19-58-56(59)42-71-75(58)65(48-13-6-3-7-14-48,49-15-8-4-9-16-49)50-17-10-5-11-18-50/h3-26,37-38,41-42,45H,27-36,39,43-44H2,1-2H3,(H,72,76). The number of ether oxygens (including phenoxy) is 2. The number of amides is 1. The number of nitriles is 1. The Morgan fingerprint density at radius 3 is 2.05 bits per heavy atom. The molecule has 2 fully saturated rings. The molecule has 11 rings (SSSR count). The molecule has 0 unspecified atom stereocenters. The van der Waals surface area contributed by atoms with E-state index in [2.05, 4.69) is 88.0 Å². The van der Waals surface area contributed by atoms with Crippen LogP contribution >= 0.6 is 23.2 Å². The van der Waals surface area contributed by atoms with Crippen LogP contribution in [0.15, 0.2) is 181 Å². The lowest BCUT2D eigenvalue weighted by atomic mass is 9.72. The van der Waals surface area contributed by atoms with E-state index in [1.54, 1.807) is 18.3 Å². The quantitative estimate of drug-likeness (QED) is 0.0929. The van der Waals surface area contributed by atoms with Gasteiger partial charge in [0.15, 0.2) is 0 Å². The van der Waals surface area contributed by atoms with E-state index in [9.17, 15) is 18.5 Å². The zero-order valence-corrected chi connectivity index (χ0v) is 47.5. The van der Waals surface area contributed by atoms with E-state index in [1.165, 1.54) is 16.7 Å². The second-order valence-corrected chi connectivity index (χ2v) is 24.8. The van der Waals surface area contributed by atoms with Gasteiger partial charge in [-0.15, -0.1) is 0 Å². The fourth-order valence-corrected chi connectivity index (χ4v) is 13.1. The van der Waals surface area contributed by atoms with Crippen molar-refractivity contribution >= 4 is 61.3 Å². The number of benzene rings is 6. The fourth-order valence-electron chi connectivity index (χ4n) is 11.8. The van der Waals surface area contributed by atoms with Gasteiger partial charge in [-0.3, -0.25) is 9.69 Å². The second-order valence-electron chi connectivity index (χ2n) is 22.3. The minimum Gasteiger partial charge on any atom is -0.473 e. The monoisotopic (exact) mass is 1140 g/mol. The fraction of sp³-hybridized carbons (Fsp3) is 0.292. The summed E-state index contributed by atoms with van der Waals surface area (Å²) in [6.07, 6.45) is 7.02. The maximum atomic E-state index is 15.6. The molecule has 8 aromatic rings. The molecule has 2 aliphatic carbocycles. The number of fused-ring (bicyclic) bond motifs is 1. The van der Waals surface area contributed by atoms with Crippen molar-refractivity contribution in [3.63, 3.8) is 0 Å². The highest BCUT2D eigenvalue weighted by atomic mass is 35.5. The number of halogens is 3. The summed E-state index contributed by atoms with van der Waals surface area (Å²) in [7, 11) is -4.60. The number of pyridine rings is 1. The third-order valence-corrected chi connectivity index (χ3v) is 18.1. The summed E-state index contributed by atoms with van der Waals surface area (Å²) in [5.74, 6) is -0.806. The molecule has 1 amide bonds. The lowest BCUT2D eigenvalue weighted by Gasteiger charge is -2.39. The Balaban J connectivity index is 0.912. The van der Waals surface area contributed by atoms with Crippen LogP contribution in [-0.4, -0.2) is 79.0 Å². The Morgan fingerprint density at radius 2 is 1.43 bits per heavy atom. The van der Waals surface area contributed by atoms with Gasteiger partial charge in [0.05, 0.1) is 34.9 Å². The number of allylic oxidation sites excluding steroid dienone is 1. The summed E-state index contributed by atoms with van der Waals surface area (Å²) in [5.41, 5.74) is 6.09. The third kappa shape index (κ3) is 11.7. The Hall–Kier alpha value is -7.54. The molecule has 1 saturated carbocycles. The van der Waals surface area contributed by atoms with Crippen molar-refractivity contribution in [2.75, 3.05) is 44.2 Å². The van der Waals surface area contributed by atoms with Crippen LogP contribution in [0.4, 0.5) is 10.1 Å². The Kier molecular flexibility index (Phi) is 15.8. The van der Waals surface area contributed by atoms with E-state index >= 15 is 4.39 Å². The smallest absolute Gasteiger partial charge is 0.268 e. The average Bonchev–Trinajstić information content (AvgIpc) is 4.19. The maximum absolute atomic E-state index is 15.6. The number of alkyl halides is 1. The molecular weight excluding hydrogens is 1080 g/mol. The third-order valence-electron chi connectivity index (χ3n) is 16.3. The van der Waals surface area contributed by atoms with Crippen LogP contribution in [-0.2, 0) is 15.6 Å². The van der Waals surface area contributed by atoms with E-state index < -0.39 is 32.0 Å². The van der Waals surface area contributed by atoms with E-state index in [1.807, 2.05) is 95.7 Å². The van der Waals surface area contributed by atoms with Gasteiger partial charge >= 0.3 is 0 Å². The number of carbonyl (C=O) groups is 1. The molecule has 3 heterocycles. The number of anilines is 1. The Labute approximate surface area is 482 Å². The van der Waals surface area contributed by atoms with Gasteiger partial charge in [0.25, 0.3) is 15.9 Å². The van der Waals surface area contributed by atoms with E-state index in [0.29, 0.717) is 37.1 Å². The first kappa shape index (κ1) is 55.4. The second kappa shape index (κ2) is 23.1. The van der Waals surface area contributed by atoms with E-state index in [0.717, 1.165) is 84.1 Å². The molecular formula is C65H62Cl2FN7O5S. The number of aromatic nitrogens is 3. The van der Waals surface area contributed by atoms with Gasteiger partial charge in [0.2, 0.25) is 5.88 Å². The predicted octanol–water partition coefficient (Wildman–Crippen LogP) is 14.1. The summed E-state index contributed by atoms with van der Waals surface area (Å²) in [6.45, 7) is 8.15. The lowest BCUT2D eigenvalue weighted by molar-refractivity contribution is 0.0377. The molecule has 0 bridgehead atoms. The van der Waals surface area contributed by atoms with Crippen LogP contribution in [0.25, 0.3) is 16.5 Å². The van der Waals surface area contributed by atoms with Crippen LogP contribution in [0.5, 0.6) is 17.4 Å². The first-order valence-corrected chi connectivity index (χ1v) is 29.7. The van der Waals surface area contributed by atoms with E-state index in [4.69, 9.17) is 37.8 Å². The highest BCUT2D eigenvalue weighted by Gasteiger charge is 2.41. The average molecular weight is 1140 g/mol. The van der Waals surface area contributed by atoms with Crippen molar-refractivity contribution in [1.82, 2.24) is 24.4 Å².